The number of aliphatic hydroxyl groups excluding tert-OH is 1. The SMILES string of the molecule is C=C/C=C(Br)\N=C\CCCO. The van der Waals surface area contributed by atoms with Crippen LogP contribution < -0.4 is 0 Å². The summed E-state index contributed by atoms with van der Waals surface area (Å²) in [6, 6.07) is 0. The molecule has 0 radical (unpaired) electrons. The Labute approximate surface area is 75.5 Å². The molecule has 0 saturated carbocycles. The van der Waals surface area contributed by atoms with Crippen LogP contribution in [0.1, 0.15) is 12.8 Å². The highest BCUT2D eigenvalue weighted by Crippen LogP contribution is 2.05. The summed E-state index contributed by atoms with van der Waals surface area (Å²) in [6.07, 6.45) is 6.75. The summed E-state index contributed by atoms with van der Waals surface area (Å²) in [5.74, 6) is 0. The number of hydrogen-bond donors (Lipinski definition) is 1. The van der Waals surface area contributed by atoms with Gasteiger partial charge >= 0.3 is 0 Å². The molecule has 1 N–H and O–H groups in total. The molecule has 0 aliphatic carbocycles. The smallest absolute Gasteiger partial charge is 0.105 e. The van der Waals surface area contributed by atoms with Gasteiger partial charge in [-0.1, -0.05) is 12.7 Å². The van der Waals surface area contributed by atoms with Crippen molar-refractivity contribution in [2.75, 3.05) is 6.61 Å². The van der Waals surface area contributed by atoms with Gasteiger partial charge in [-0.25, -0.2) is 0 Å². The highest BCUT2D eigenvalue weighted by atomic mass is 79.9. The van der Waals surface area contributed by atoms with Crippen molar-refractivity contribution in [2.24, 2.45) is 4.99 Å². The van der Waals surface area contributed by atoms with Crippen LogP contribution in [0.4, 0.5) is 0 Å². The molecule has 3 heteroatoms. The first-order valence-electron chi connectivity index (χ1n) is 3.43. The van der Waals surface area contributed by atoms with E-state index in [1.807, 2.05) is 0 Å². The lowest BCUT2D eigenvalue weighted by atomic mass is 10.3. The normalized spacial score (nSPS) is 12.4. The number of hydrogen-bond acceptors (Lipinski definition) is 2. The van der Waals surface area contributed by atoms with Crippen molar-refractivity contribution in [3.8, 4) is 0 Å². The van der Waals surface area contributed by atoms with Gasteiger partial charge in [0.15, 0.2) is 0 Å². The Balaban J connectivity index is 3.56. The van der Waals surface area contributed by atoms with E-state index in [0.29, 0.717) is 0 Å². The standard InChI is InChI=1S/C8H12BrNO/c1-2-5-8(9)10-6-3-4-7-11/h2,5-6,11H,1,3-4,7H2/b8-5-,10-6+. The monoisotopic (exact) mass is 217 g/mol. The lowest BCUT2D eigenvalue weighted by molar-refractivity contribution is 0.291. The Hall–Kier alpha value is -0.410. The third kappa shape index (κ3) is 7.49. The number of unbranched alkanes of at least 4 members (excludes halogenated alkanes) is 1. The van der Waals surface area contributed by atoms with Gasteiger partial charge in [-0.2, -0.15) is 0 Å². The predicted octanol–water partition coefficient (Wildman–Crippen LogP) is 2.25. The van der Waals surface area contributed by atoms with Crippen LogP contribution in [0.15, 0.2) is 28.3 Å². The average molecular weight is 218 g/mol. The minimum Gasteiger partial charge on any atom is -0.396 e. The van der Waals surface area contributed by atoms with E-state index in [4.69, 9.17) is 5.11 Å². The highest BCUT2D eigenvalue weighted by molar-refractivity contribution is 9.11. The maximum atomic E-state index is 8.43. The van der Waals surface area contributed by atoms with Gasteiger partial charge in [0.25, 0.3) is 0 Å². The minimum atomic E-state index is 0.217. The zero-order valence-corrected chi connectivity index (χ0v) is 7.92. The van der Waals surface area contributed by atoms with Gasteiger partial charge in [0.1, 0.15) is 4.61 Å². The van der Waals surface area contributed by atoms with Crippen molar-refractivity contribution in [3.63, 3.8) is 0 Å². The molecular weight excluding hydrogens is 206 g/mol. The van der Waals surface area contributed by atoms with Gasteiger partial charge in [-0.3, -0.25) is 4.99 Å². The number of aliphatic imine (C=N–C) groups is 1. The summed E-state index contributed by atoms with van der Waals surface area (Å²) in [6.45, 7) is 3.74. The number of aliphatic hydroxyl groups is 1. The number of rotatable bonds is 5. The molecule has 0 bridgehead atoms. The van der Waals surface area contributed by atoms with E-state index in [2.05, 4.69) is 27.5 Å². The van der Waals surface area contributed by atoms with Crippen LogP contribution in [0.5, 0.6) is 0 Å². The van der Waals surface area contributed by atoms with E-state index >= 15 is 0 Å². The first-order valence-corrected chi connectivity index (χ1v) is 4.22. The van der Waals surface area contributed by atoms with E-state index in [1.165, 1.54) is 0 Å². The summed E-state index contributed by atoms with van der Waals surface area (Å²) in [5, 5.41) is 8.43. The maximum Gasteiger partial charge on any atom is 0.105 e. The van der Waals surface area contributed by atoms with Crippen molar-refractivity contribution in [2.45, 2.75) is 12.8 Å². The Kier molecular flexibility index (Phi) is 7.41. The second kappa shape index (κ2) is 7.69. The average Bonchev–Trinajstić information content (AvgIpc) is 1.99. The quantitative estimate of drug-likeness (QED) is 0.326. The largest absolute Gasteiger partial charge is 0.396 e. The van der Waals surface area contributed by atoms with Crippen LogP contribution in [-0.4, -0.2) is 17.9 Å². The zero-order valence-electron chi connectivity index (χ0n) is 6.33. The molecule has 0 heterocycles. The second-order valence-electron chi connectivity index (χ2n) is 1.90. The van der Waals surface area contributed by atoms with Gasteiger partial charge in [-0.15, -0.1) is 0 Å². The summed E-state index contributed by atoms with van der Waals surface area (Å²) < 4.78 is 0.755. The van der Waals surface area contributed by atoms with Crippen molar-refractivity contribution in [1.82, 2.24) is 0 Å². The molecule has 0 aromatic rings. The number of allylic oxidation sites excluding steroid dienone is 2. The molecule has 0 fully saturated rings. The van der Waals surface area contributed by atoms with Crippen LogP contribution >= 0.6 is 15.9 Å². The fraction of sp³-hybridized carbons (Fsp3) is 0.375. The van der Waals surface area contributed by atoms with Gasteiger partial charge in [0.2, 0.25) is 0 Å². The third-order valence-electron chi connectivity index (χ3n) is 0.961. The molecule has 0 saturated heterocycles. The highest BCUT2D eigenvalue weighted by Gasteiger charge is 1.82. The zero-order chi connectivity index (χ0) is 8.53. The van der Waals surface area contributed by atoms with E-state index in [0.717, 1.165) is 17.4 Å². The summed E-state index contributed by atoms with van der Waals surface area (Å²) in [7, 11) is 0. The van der Waals surface area contributed by atoms with Crippen LogP contribution in [0, 0.1) is 0 Å². The molecule has 0 aromatic heterocycles. The van der Waals surface area contributed by atoms with Crippen molar-refractivity contribution in [1.29, 1.82) is 0 Å². The van der Waals surface area contributed by atoms with Crippen LogP contribution in [-0.2, 0) is 0 Å². The van der Waals surface area contributed by atoms with Gasteiger partial charge in [0.05, 0.1) is 0 Å². The Morgan fingerprint density at radius 3 is 2.91 bits per heavy atom. The molecule has 0 unspecified atom stereocenters. The summed E-state index contributed by atoms with van der Waals surface area (Å²) in [4.78, 5) is 4.02. The fourth-order valence-corrected chi connectivity index (χ4v) is 0.806. The molecule has 2 nitrogen and oxygen atoms in total. The molecule has 62 valence electrons. The van der Waals surface area contributed by atoms with Crippen LogP contribution in [0.25, 0.3) is 0 Å². The second-order valence-corrected chi connectivity index (χ2v) is 2.72. The van der Waals surface area contributed by atoms with E-state index in [9.17, 15) is 0 Å². The predicted molar refractivity (Wildman–Crippen MR) is 52.0 cm³/mol. The Bertz CT molecular complexity index is 163. The molecular formula is C8H12BrNO. The van der Waals surface area contributed by atoms with Crippen molar-refractivity contribution >= 4 is 22.1 Å². The molecule has 0 spiro atoms. The number of nitrogens with zero attached hydrogens (tertiary/aromatic N) is 1. The van der Waals surface area contributed by atoms with Gasteiger partial charge in [0, 0.05) is 12.8 Å². The van der Waals surface area contributed by atoms with Gasteiger partial charge < -0.3 is 5.11 Å². The molecule has 0 aliphatic heterocycles. The van der Waals surface area contributed by atoms with Crippen molar-refractivity contribution < 1.29 is 5.11 Å². The molecule has 0 amide bonds. The maximum absolute atomic E-state index is 8.43. The molecule has 0 aromatic carbocycles. The van der Waals surface area contributed by atoms with Crippen LogP contribution in [0.2, 0.25) is 0 Å². The first kappa shape index (κ1) is 10.6. The van der Waals surface area contributed by atoms with Crippen molar-refractivity contribution in [3.05, 3.63) is 23.3 Å². The fourth-order valence-electron chi connectivity index (χ4n) is 0.475. The van der Waals surface area contributed by atoms with Crippen LogP contribution in [0.3, 0.4) is 0 Å². The summed E-state index contributed by atoms with van der Waals surface area (Å²) >= 11 is 3.22. The molecule has 11 heavy (non-hydrogen) atoms. The topological polar surface area (TPSA) is 32.6 Å². The minimum absolute atomic E-state index is 0.217. The molecule has 0 atom stereocenters. The third-order valence-corrected chi connectivity index (χ3v) is 1.43. The van der Waals surface area contributed by atoms with E-state index < -0.39 is 0 Å². The Morgan fingerprint density at radius 2 is 2.36 bits per heavy atom. The summed E-state index contributed by atoms with van der Waals surface area (Å²) in [5.41, 5.74) is 0. The van der Waals surface area contributed by atoms with E-state index in [1.54, 1.807) is 18.4 Å². The van der Waals surface area contributed by atoms with Gasteiger partial charge in [-0.05, 0) is 34.8 Å². The lowest BCUT2D eigenvalue weighted by Crippen LogP contribution is -1.82. The Morgan fingerprint density at radius 1 is 1.64 bits per heavy atom. The first-order chi connectivity index (χ1) is 5.31. The molecule has 0 aliphatic rings. The lowest BCUT2D eigenvalue weighted by Gasteiger charge is -1.88. The number of halogens is 1. The molecule has 0 rings (SSSR count). The van der Waals surface area contributed by atoms with E-state index in [-0.39, 0.29) is 6.61 Å².